The van der Waals surface area contributed by atoms with Gasteiger partial charge in [0, 0.05) is 19.1 Å². The Labute approximate surface area is 95.3 Å². The van der Waals surface area contributed by atoms with E-state index in [1.165, 1.54) is 0 Å². The fraction of sp³-hybridized carbons (Fsp3) is 0.818. The second-order valence-electron chi connectivity index (χ2n) is 4.57. The van der Waals surface area contributed by atoms with Crippen molar-refractivity contribution in [3.05, 3.63) is 11.7 Å². The van der Waals surface area contributed by atoms with Gasteiger partial charge in [-0.25, -0.2) is 0 Å². The van der Waals surface area contributed by atoms with Gasteiger partial charge in [-0.2, -0.15) is 4.98 Å². The quantitative estimate of drug-likeness (QED) is 0.837. The van der Waals surface area contributed by atoms with Crippen LogP contribution in [0.4, 0.5) is 0 Å². The van der Waals surface area contributed by atoms with Crippen molar-refractivity contribution < 1.29 is 9.26 Å². The Hall–Kier alpha value is -0.940. The van der Waals surface area contributed by atoms with Crippen LogP contribution < -0.4 is 5.73 Å². The molecule has 1 aliphatic rings. The lowest BCUT2D eigenvalue weighted by molar-refractivity contribution is -0.00937. The molecule has 5 nitrogen and oxygen atoms in total. The third-order valence-electron chi connectivity index (χ3n) is 3.11. The van der Waals surface area contributed by atoms with Crippen molar-refractivity contribution in [3.63, 3.8) is 0 Å². The summed E-state index contributed by atoms with van der Waals surface area (Å²) in [7, 11) is 0. The largest absolute Gasteiger partial charge is 0.365 e. The van der Waals surface area contributed by atoms with Crippen LogP contribution in [0.15, 0.2) is 4.52 Å². The molecule has 0 aromatic carbocycles. The van der Waals surface area contributed by atoms with Gasteiger partial charge < -0.3 is 15.0 Å². The zero-order valence-corrected chi connectivity index (χ0v) is 9.90. The Balaban J connectivity index is 2.07. The molecule has 2 heterocycles. The van der Waals surface area contributed by atoms with Gasteiger partial charge in [0.15, 0.2) is 5.82 Å². The SMILES string of the molecule is CCC(N)Cc1noc(C2(C)CCCO2)n1. The first-order valence-corrected chi connectivity index (χ1v) is 5.86. The van der Waals surface area contributed by atoms with Crippen LogP contribution in [-0.2, 0) is 16.8 Å². The van der Waals surface area contributed by atoms with Crippen LogP contribution in [0.2, 0.25) is 0 Å². The number of ether oxygens (including phenoxy) is 1. The van der Waals surface area contributed by atoms with E-state index in [1.54, 1.807) is 0 Å². The highest BCUT2D eigenvalue weighted by atomic mass is 16.5. The predicted octanol–water partition coefficient (Wildman–Crippen LogP) is 1.37. The molecule has 0 saturated carbocycles. The predicted molar refractivity (Wildman–Crippen MR) is 58.8 cm³/mol. The smallest absolute Gasteiger partial charge is 0.258 e. The van der Waals surface area contributed by atoms with Gasteiger partial charge in [0.25, 0.3) is 5.89 Å². The van der Waals surface area contributed by atoms with Crippen molar-refractivity contribution in [2.75, 3.05) is 6.61 Å². The maximum Gasteiger partial charge on any atom is 0.258 e. The fourth-order valence-electron chi connectivity index (χ4n) is 1.88. The van der Waals surface area contributed by atoms with Gasteiger partial charge in [-0.1, -0.05) is 12.1 Å². The lowest BCUT2D eigenvalue weighted by Crippen LogP contribution is -2.23. The van der Waals surface area contributed by atoms with Crippen molar-refractivity contribution in [1.29, 1.82) is 0 Å². The molecule has 0 bridgehead atoms. The number of hydrogen-bond donors (Lipinski definition) is 1. The summed E-state index contributed by atoms with van der Waals surface area (Å²) < 4.78 is 10.9. The van der Waals surface area contributed by atoms with Gasteiger partial charge in [-0.15, -0.1) is 0 Å². The summed E-state index contributed by atoms with van der Waals surface area (Å²) in [4.78, 5) is 4.37. The van der Waals surface area contributed by atoms with E-state index >= 15 is 0 Å². The normalized spacial score (nSPS) is 27.2. The molecular weight excluding hydrogens is 206 g/mol. The first kappa shape index (κ1) is 11.5. The van der Waals surface area contributed by atoms with E-state index in [-0.39, 0.29) is 11.6 Å². The molecule has 1 aliphatic heterocycles. The molecule has 1 fully saturated rings. The maximum atomic E-state index is 5.85. The van der Waals surface area contributed by atoms with Gasteiger partial charge >= 0.3 is 0 Å². The summed E-state index contributed by atoms with van der Waals surface area (Å²) in [6.07, 6.45) is 3.56. The van der Waals surface area contributed by atoms with E-state index < -0.39 is 0 Å². The summed E-state index contributed by atoms with van der Waals surface area (Å²) in [5, 5.41) is 3.95. The molecule has 2 rings (SSSR count). The molecular formula is C11H19N3O2. The van der Waals surface area contributed by atoms with Gasteiger partial charge in [0.1, 0.15) is 5.60 Å². The Morgan fingerprint density at radius 1 is 1.56 bits per heavy atom. The van der Waals surface area contributed by atoms with E-state index in [9.17, 15) is 0 Å². The number of rotatable bonds is 4. The van der Waals surface area contributed by atoms with Crippen LogP contribution in [0.25, 0.3) is 0 Å². The summed E-state index contributed by atoms with van der Waals surface area (Å²) in [6, 6.07) is 0.0998. The highest BCUT2D eigenvalue weighted by Gasteiger charge is 2.37. The van der Waals surface area contributed by atoms with Crippen molar-refractivity contribution in [2.45, 2.75) is 51.2 Å². The van der Waals surface area contributed by atoms with Crippen molar-refractivity contribution >= 4 is 0 Å². The van der Waals surface area contributed by atoms with Crippen molar-refractivity contribution in [3.8, 4) is 0 Å². The van der Waals surface area contributed by atoms with Crippen LogP contribution in [0, 0.1) is 0 Å². The molecule has 16 heavy (non-hydrogen) atoms. The summed E-state index contributed by atoms with van der Waals surface area (Å²) in [5.74, 6) is 1.27. The first-order chi connectivity index (χ1) is 7.64. The molecule has 2 atom stereocenters. The average Bonchev–Trinajstić information content (AvgIpc) is 2.88. The molecule has 0 spiro atoms. The molecule has 0 amide bonds. The van der Waals surface area contributed by atoms with Gasteiger partial charge in [0.05, 0.1) is 0 Å². The van der Waals surface area contributed by atoms with E-state index in [1.807, 2.05) is 13.8 Å². The van der Waals surface area contributed by atoms with Crippen molar-refractivity contribution in [1.82, 2.24) is 10.1 Å². The van der Waals surface area contributed by atoms with Crippen LogP contribution in [0.1, 0.15) is 44.8 Å². The lowest BCUT2D eigenvalue weighted by atomic mass is 10.0. The summed E-state index contributed by atoms with van der Waals surface area (Å²) >= 11 is 0. The van der Waals surface area contributed by atoms with E-state index in [2.05, 4.69) is 10.1 Å². The molecule has 1 aromatic heterocycles. The lowest BCUT2D eigenvalue weighted by Gasteiger charge is -2.16. The molecule has 1 aromatic rings. The maximum absolute atomic E-state index is 5.85. The van der Waals surface area contributed by atoms with Crippen LogP contribution in [0.3, 0.4) is 0 Å². The minimum atomic E-state index is -0.387. The Morgan fingerprint density at radius 3 is 3.00 bits per heavy atom. The van der Waals surface area contributed by atoms with E-state index in [0.29, 0.717) is 18.1 Å². The van der Waals surface area contributed by atoms with Gasteiger partial charge in [-0.3, -0.25) is 0 Å². The Kier molecular flexibility index (Phi) is 3.25. The first-order valence-electron chi connectivity index (χ1n) is 5.86. The molecule has 0 radical (unpaired) electrons. The zero-order chi connectivity index (χ0) is 11.6. The van der Waals surface area contributed by atoms with Gasteiger partial charge in [0.2, 0.25) is 0 Å². The number of nitrogens with zero attached hydrogens (tertiary/aromatic N) is 2. The third kappa shape index (κ3) is 2.25. The number of nitrogens with two attached hydrogens (primary N) is 1. The third-order valence-corrected chi connectivity index (χ3v) is 3.11. The second kappa shape index (κ2) is 4.51. The number of aromatic nitrogens is 2. The minimum Gasteiger partial charge on any atom is -0.365 e. The molecule has 1 saturated heterocycles. The standard InChI is InChI=1S/C11H19N3O2/c1-3-8(12)7-9-13-10(16-14-9)11(2)5-4-6-15-11/h8H,3-7,12H2,1-2H3. The summed E-state index contributed by atoms with van der Waals surface area (Å²) in [6.45, 7) is 4.81. The van der Waals surface area contributed by atoms with Crippen LogP contribution in [-0.4, -0.2) is 22.8 Å². The monoisotopic (exact) mass is 225 g/mol. The number of hydrogen-bond acceptors (Lipinski definition) is 5. The van der Waals surface area contributed by atoms with Gasteiger partial charge in [-0.05, 0) is 26.2 Å². The molecule has 0 aliphatic carbocycles. The average molecular weight is 225 g/mol. The second-order valence-corrected chi connectivity index (χ2v) is 4.57. The highest BCUT2D eigenvalue weighted by molar-refractivity contribution is 5.00. The Bertz CT molecular complexity index is 345. The molecule has 2 unspecified atom stereocenters. The molecule has 5 heteroatoms. The minimum absolute atomic E-state index is 0.0998. The molecule has 2 N–H and O–H groups in total. The van der Waals surface area contributed by atoms with Crippen LogP contribution in [0.5, 0.6) is 0 Å². The highest BCUT2D eigenvalue weighted by Crippen LogP contribution is 2.34. The van der Waals surface area contributed by atoms with E-state index in [0.717, 1.165) is 25.9 Å². The Morgan fingerprint density at radius 2 is 2.38 bits per heavy atom. The topological polar surface area (TPSA) is 74.2 Å². The fourth-order valence-corrected chi connectivity index (χ4v) is 1.88. The zero-order valence-electron chi connectivity index (χ0n) is 9.90. The molecule has 90 valence electrons. The van der Waals surface area contributed by atoms with Crippen molar-refractivity contribution in [2.24, 2.45) is 5.73 Å². The van der Waals surface area contributed by atoms with E-state index in [4.69, 9.17) is 15.0 Å². The van der Waals surface area contributed by atoms with Crippen LogP contribution >= 0.6 is 0 Å². The summed E-state index contributed by atoms with van der Waals surface area (Å²) in [5.41, 5.74) is 5.46.